The summed E-state index contributed by atoms with van der Waals surface area (Å²) in [4.78, 5) is 11.4. The number of rotatable bonds is 5. The summed E-state index contributed by atoms with van der Waals surface area (Å²) in [6, 6.07) is 6.76. The summed E-state index contributed by atoms with van der Waals surface area (Å²) < 4.78 is 42.2. The van der Waals surface area contributed by atoms with Crippen LogP contribution in [0, 0.1) is 0 Å². The Balaban J connectivity index is 2.55. The lowest BCUT2D eigenvalue weighted by Gasteiger charge is -2.25. The van der Waals surface area contributed by atoms with Crippen LogP contribution in [0.5, 0.6) is 5.75 Å². The van der Waals surface area contributed by atoms with Crippen molar-refractivity contribution in [2.45, 2.75) is 31.7 Å². The van der Waals surface area contributed by atoms with E-state index in [0.29, 0.717) is 18.2 Å². The summed E-state index contributed by atoms with van der Waals surface area (Å²) in [7, 11) is 1.48. The molecule has 2 N–H and O–H groups in total. The number of hydrogen-bond acceptors (Lipinski definition) is 3. The Morgan fingerprint density at radius 2 is 2.05 bits per heavy atom. The van der Waals surface area contributed by atoms with Crippen LogP contribution in [0.25, 0.3) is 0 Å². The lowest BCUT2D eigenvalue weighted by molar-refractivity contribution is -0.253. The maximum absolute atomic E-state index is 12.4. The summed E-state index contributed by atoms with van der Waals surface area (Å²) in [6.07, 6.45) is -5.89. The van der Waals surface area contributed by atoms with Gasteiger partial charge in [-0.3, -0.25) is 4.79 Å². The molecule has 20 heavy (non-hydrogen) atoms. The summed E-state index contributed by atoms with van der Waals surface area (Å²) in [5, 5.41) is 11.5. The van der Waals surface area contributed by atoms with Gasteiger partial charge < -0.3 is 15.2 Å². The van der Waals surface area contributed by atoms with Crippen LogP contribution >= 0.6 is 0 Å². The molecule has 0 unspecified atom stereocenters. The highest BCUT2D eigenvalue weighted by Gasteiger charge is 2.50. The van der Waals surface area contributed by atoms with Crippen LogP contribution < -0.4 is 10.1 Å². The van der Waals surface area contributed by atoms with Crippen molar-refractivity contribution in [2.24, 2.45) is 0 Å². The minimum Gasteiger partial charge on any atom is -0.497 e. The zero-order valence-electron chi connectivity index (χ0n) is 11.1. The maximum atomic E-state index is 12.4. The Kier molecular flexibility index (Phi) is 4.99. The average Bonchev–Trinajstić information content (AvgIpc) is 2.35. The first-order chi connectivity index (χ1) is 9.15. The van der Waals surface area contributed by atoms with Gasteiger partial charge in [-0.2, -0.15) is 13.2 Å². The zero-order valence-corrected chi connectivity index (χ0v) is 11.1. The Bertz CT molecular complexity index is 472. The number of carbonyl (C=O) groups excluding carboxylic acids is 1. The molecule has 0 heterocycles. The van der Waals surface area contributed by atoms with E-state index in [1.807, 2.05) is 0 Å². The first kappa shape index (κ1) is 16.3. The fourth-order valence-electron chi connectivity index (χ4n) is 1.46. The van der Waals surface area contributed by atoms with Gasteiger partial charge in [-0.1, -0.05) is 12.1 Å². The molecule has 4 nitrogen and oxygen atoms in total. The highest BCUT2D eigenvalue weighted by Crippen LogP contribution is 2.32. The smallest absolute Gasteiger partial charge is 0.417 e. The molecule has 0 aliphatic carbocycles. The first-order valence-corrected chi connectivity index (χ1v) is 5.84. The van der Waals surface area contributed by atoms with Crippen LogP contribution in [0.4, 0.5) is 13.2 Å². The molecule has 112 valence electrons. The lowest BCUT2D eigenvalue weighted by Crippen LogP contribution is -2.46. The second-order valence-electron chi connectivity index (χ2n) is 4.58. The normalized spacial score (nSPS) is 14.5. The van der Waals surface area contributed by atoms with Crippen LogP contribution in [0.2, 0.25) is 0 Å². The molecule has 1 aromatic carbocycles. The number of amides is 1. The van der Waals surface area contributed by atoms with Crippen molar-refractivity contribution >= 4 is 5.91 Å². The number of methoxy groups -OCH3 is 1. The highest BCUT2D eigenvalue weighted by molar-refractivity contribution is 5.77. The van der Waals surface area contributed by atoms with Crippen molar-refractivity contribution in [3.63, 3.8) is 0 Å². The highest BCUT2D eigenvalue weighted by atomic mass is 19.4. The predicted molar refractivity (Wildman–Crippen MR) is 66.1 cm³/mol. The number of ether oxygens (including phenoxy) is 1. The van der Waals surface area contributed by atoms with E-state index in [9.17, 15) is 23.1 Å². The monoisotopic (exact) mass is 291 g/mol. The minimum absolute atomic E-state index is 0.0595. The largest absolute Gasteiger partial charge is 0.497 e. The first-order valence-electron chi connectivity index (χ1n) is 5.84. The van der Waals surface area contributed by atoms with E-state index >= 15 is 0 Å². The fraction of sp³-hybridized carbons (Fsp3) is 0.462. The minimum atomic E-state index is -4.85. The van der Waals surface area contributed by atoms with Crippen molar-refractivity contribution in [1.82, 2.24) is 5.32 Å². The average molecular weight is 291 g/mol. The molecule has 0 aliphatic rings. The number of alkyl halides is 3. The summed E-state index contributed by atoms with van der Waals surface area (Å²) >= 11 is 0. The van der Waals surface area contributed by atoms with Gasteiger partial charge in [0.25, 0.3) is 0 Å². The predicted octanol–water partition coefficient (Wildman–Crippen LogP) is 2.01. The number of hydrogen-bond donors (Lipinski definition) is 2. The van der Waals surface area contributed by atoms with E-state index in [1.165, 1.54) is 7.11 Å². The van der Waals surface area contributed by atoms with Crippen LogP contribution in [0.1, 0.15) is 18.9 Å². The summed E-state index contributed by atoms with van der Waals surface area (Å²) in [5.74, 6) is -0.297. The van der Waals surface area contributed by atoms with E-state index in [-0.39, 0.29) is 6.54 Å². The van der Waals surface area contributed by atoms with Gasteiger partial charge in [0.1, 0.15) is 5.75 Å². The second-order valence-corrected chi connectivity index (χ2v) is 4.58. The van der Waals surface area contributed by atoms with Gasteiger partial charge in [0, 0.05) is 6.54 Å². The quantitative estimate of drug-likeness (QED) is 0.872. The van der Waals surface area contributed by atoms with Crippen molar-refractivity contribution in [2.75, 3.05) is 7.11 Å². The van der Waals surface area contributed by atoms with Crippen LogP contribution in [-0.4, -0.2) is 29.9 Å². The molecular weight excluding hydrogens is 275 g/mol. The van der Waals surface area contributed by atoms with E-state index in [1.54, 1.807) is 24.3 Å². The number of aliphatic hydroxyl groups is 1. The Morgan fingerprint density at radius 1 is 1.40 bits per heavy atom. The fourth-order valence-corrected chi connectivity index (χ4v) is 1.46. The van der Waals surface area contributed by atoms with Crippen LogP contribution in [0.15, 0.2) is 24.3 Å². The van der Waals surface area contributed by atoms with Crippen molar-refractivity contribution in [3.05, 3.63) is 29.8 Å². The van der Waals surface area contributed by atoms with Crippen LogP contribution in [0.3, 0.4) is 0 Å². The third-order valence-electron chi connectivity index (χ3n) is 2.74. The Hall–Kier alpha value is -1.76. The molecule has 1 atom stereocenters. The molecule has 0 aliphatic heterocycles. The molecule has 7 heteroatoms. The SMILES string of the molecule is COc1cccc(CNC(=O)C[C@](C)(O)C(F)(F)F)c1. The lowest BCUT2D eigenvalue weighted by atomic mass is 10.0. The molecule has 0 saturated heterocycles. The molecule has 0 spiro atoms. The summed E-state index contributed by atoms with van der Waals surface area (Å²) in [5.41, 5.74) is -2.35. The summed E-state index contributed by atoms with van der Waals surface area (Å²) in [6.45, 7) is 0.627. The van der Waals surface area contributed by atoms with Gasteiger partial charge >= 0.3 is 6.18 Å². The topological polar surface area (TPSA) is 58.6 Å². The van der Waals surface area contributed by atoms with Gasteiger partial charge in [-0.25, -0.2) is 0 Å². The third-order valence-corrected chi connectivity index (χ3v) is 2.74. The third kappa shape index (κ3) is 4.41. The Morgan fingerprint density at radius 3 is 2.60 bits per heavy atom. The molecule has 0 bridgehead atoms. The van der Waals surface area contributed by atoms with E-state index in [4.69, 9.17) is 4.74 Å². The molecular formula is C13H16F3NO3. The number of halogens is 3. The zero-order chi connectivity index (χ0) is 15.4. The molecule has 0 radical (unpaired) electrons. The molecule has 1 amide bonds. The maximum Gasteiger partial charge on any atom is 0.417 e. The van der Waals surface area contributed by atoms with E-state index < -0.39 is 24.1 Å². The van der Waals surface area contributed by atoms with Gasteiger partial charge in [0.05, 0.1) is 13.5 Å². The van der Waals surface area contributed by atoms with Gasteiger partial charge in [-0.05, 0) is 24.6 Å². The van der Waals surface area contributed by atoms with Crippen molar-refractivity contribution in [3.8, 4) is 5.75 Å². The van der Waals surface area contributed by atoms with Gasteiger partial charge in [0.2, 0.25) is 5.91 Å². The van der Waals surface area contributed by atoms with Gasteiger partial charge in [-0.15, -0.1) is 0 Å². The molecule has 0 aromatic heterocycles. The standard InChI is InChI=1S/C13H16F3NO3/c1-12(19,13(14,15)16)7-11(18)17-8-9-4-3-5-10(6-9)20-2/h3-6,19H,7-8H2,1-2H3,(H,17,18)/t12-/m0/s1. The molecule has 0 saturated carbocycles. The molecule has 1 rings (SSSR count). The molecule has 1 aromatic rings. The molecule has 0 fully saturated rings. The van der Waals surface area contributed by atoms with E-state index in [2.05, 4.69) is 5.32 Å². The Labute approximate surface area is 114 Å². The van der Waals surface area contributed by atoms with Crippen molar-refractivity contribution < 1.29 is 27.8 Å². The van der Waals surface area contributed by atoms with Crippen molar-refractivity contribution in [1.29, 1.82) is 0 Å². The number of nitrogens with one attached hydrogen (secondary N) is 1. The van der Waals surface area contributed by atoms with Gasteiger partial charge in [0.15, 0.2) is 5.60 Å². The second kappa shape index (κ2) is 6.13. The van der Waals surface area contributed by atoms with E-state index in [0.717, 1.165) is 0 Å². The van der Waals surface area contributed by atoms with Crippen LogP contribution in [-0.2, 0) is 11.3 Å². The number of benzene rings is 1. The number of carbonyl (C=O) groups is 1.